The van der Waals surface area contributed by atoms with Crippen LogP contribution in [-0.4, -0.2) is 11.2 Å². The van der Waals surface area contributed by atoms with Gasteiger partial charge in [0.05, 0.1) is 6.10 Å². The maximum Gasteiger partial charge on any atom is 0.0571 e. The minimum absolute atomic E-state index is 0.0132. The van der Waals surface area contributed by atoms with Gasteiger partial charge in [-0.05, 0) is 60.7 Å². The van der Waals surface area contributed by atoms with Gasteiger partial charge in [-0.25, -0.2) is 0 Å². The summed E-state index contributed by atoms with van der Waals surface area (Å²) in [5.74, 6) is 4.20. The molecule has 0 saturated heterocycles. The van der Waals surface area contributed by atoms with Gasteiger partial charge in [-0.2, -0.15) is 0 Å². The molecule has 0 spiro atoms. The average Bonchev–Trinajstić information content (AvgIpc) is 2.80. The average molecular weight is 236 g/mol. The Kier molecular flexibility index (Phi) is 2.81. The first-order chi connectivity index (χ1) is 8.01. The molecule has 0 aromatic carbocycles. The molecule has 1 nitrogen and oxygen atoms in total. The van der Waals surface area contributed by atoms with Crippen LogP contribution in [0.4, 0.5) is 0 Å². The Balaban J connectivity index is 1.78. The van der Waals surface area contributed by atoms with Crippen LogP contribution in [0, 0.1) is 35.0 Å². The highest BCUT2D eigenvalue weighted by molar-refractivity contribution is 5.06. The van der Waals surface area contributed by atoms with Gasteiger partial charge in [-0.1, -0.05) is 33.6 Å². The molecule has 3 aliphatic rings. The van der Waals surface area contributed by atoms with E-state index in [-0.39, 0.29) is 6.10 Å². The number of hydrogen-bond acceptors (Lipinski definition) is 1. The maximum absolute atomic E-state index is 10.3. The van der Waals surface area contributed by atoms with Crippen molar-refractivity contribution in [1.82, 2.24) is 0 Å². The van der Waals surface area contributed by atoms with E-state index in [4.69, 9.17) is 0 Å². The Labute approximate surface area is 106 Å². The van der Waals surface area contributed by atoms with Crippen LogP contribution in [0.15, 0.2) is 0 Å². The van der Waals surface area contributed by atoms with Gasteiger partial charge in [-0.15, -0.1) is 0 Å². The first kappa shape index (κ1) is 12.0. The first-order valence-electron chi connectivity index (χ1n) is 7.70. The number of rotatable bonds is 1. The lowest BCUT2D eigenvalue weighted by Gasteiger charge is -2.45. The van der Waals surface area contributed by atoms with Crippen LogP contribution in [0.2, 0.25) is 0 Å². The van der Waals surface area contributed by atoms with E-state index in [1.807, 2.05) is 0 Å². The van der Waals surface area contributed by atoms with Crippen LogP contribution in [0.3, 0.4) is 0 Å². The molecule has 6 unspecified atom stereocenters. The van der Waals surface area contributed by atoms with Gasteiger partial charge in [0.25, 0.3) is 0 Å². The van der Waals surface area contributed by atoms with E-state index >= 15 is 0 Å². The largest absolute Gasteiger partial charge is 0.393 e. The van der Waals surface area contributed by atoms with Gasteiger partial charge in [0.2, 0.25) is 0 Å². The number of aliphatic hydroxyl groups is 1. The number of fused-ring (bicyclic) bond motifs is 2. The highest BCUT2D eigenvalue weighted by atomic mass is 16.3. The summed E-state index contributed by atoms with van der Waals surface area (Å²) in [7, 11) is 0. The molecule has 0 aromatic heterocycles. The van der Waals surface area contributed by atoms with Crippen LogP contribution in [0.25, 0.3) is 0 Å². The third kappa shape index (κ3) is 1.69. The maximum atomic E-state index is 10.3. The fourth-order valence-electron chi connectivity index (χ4n) is 5.43. The molecule has 17 heavy (non-hydrogen) atoms. The van der Waals surface area contributed by atoms with E-state index in [2.05, 4.69) is 20.8 Å². The van der Waals surface area contributed by atoms with E-state index in [9.17, 15) is 5.11 Å². The Hall–Kier alpha value is -0.0400. The lowest BCUT2D eigenvalue weighted by Crippen LogP contribution is -2.41. The molecular formula is C16H28O. The van der Waals surface area contributed by atoms with Crippen LogP contribution in [0.1, 0.15) is 59.3 Å². The third-order valence-electron chi connectivity index (χ3n) is 6.82. The molecule has 1 heteroatoms. The molecule has 3 fully saturated rings. The zero-order valence-electron chi connectivity index (χ0n) is 11.7. The molecule has 0 amide bonds. The minimum atomic E-state index is 0.0132. The molecular weight excluding hydrogens is 208 g/mol. The lowest BCUT2D eigenvalue weighted by atomic mass is 9.60. The normalized spacial score (nSPS) is 52.9. The van der Waals surface area contributed by atoms with Crippen molar-refractivity contribution in [2.45, 2.75) is 65.4 Å². The lowest BCUT2D eigenvalue weighted by molar-refractivity contribution is -0.0190. The predicted octanol–water partition coefficient (Wildman–Crippen LogP) is 3.86. The minimum Gasteiger partial charge on any atom is -0.393 e. The van der Waals surface area contributed by atoms with Crippen LogP contribution in [-0.2, 0) is 0 Å². The molecule has 3 saturated carbocycles. The van der Waals surface area contributed by atoms with Crippen molar-refractivity contribution in [3.05, 3.63) is 0 Å². The summed E-state index contributed by atoms with van der Waals surface area (Å²) < 4.78 is 0. The van der Waals surface area contributed by atoms with Crippen molar-refractivity contribution in [2.24, 2.45) is 35.0 Å². The SMILES string of the molecule is CC1C2CC(C3CCCCC3O)C(C2)C1(C)C. The smallest absolute Gasteiger partial charge is 0.0571 e. The summed E-state index contributed by atoms with van der Waals surface area (Å²) in [5.41, 5.74) is 0.519. The van der Waals surface area contributed by atoms with Gasteiger partial charge in [0.1, 0.15) is 0 Å². The second-order valence-electron chi connectivity index (χ2n) is 7.63. The quantitative estimate of drug-likeness (QED) is 0.733. The van der Waals surface area contributed by atoms with Gasteiger partial charge in [0, 0.05) is 0 Å². The highest BCUT2D eigenvalue weighted by Gasteiger charge is 2.57. The van der Waals surface area contributed by atoms with Gasteiger partial charge >= 0.3 is 0 Å². The molecule has 98 valence electrons. The highest BCUT2D eigenvalue weighted by Crippen LogP contribution is 2.64. The van der Waals surface area contributed by atoms with Crippen molar-refractivity contribution < 1.29 is 5.11 Å². The zero-order valence-corrected chi connectivity index (χ0v) is 11.7. The summed E-state index contributed by atoms with van der Waals surface area (Å²) in [6, 6.07) is 0. The summed E-state index contributed by atoms with van der Waals surface area (Å²) in [4.78, 5) is 0. The van der Waals surface area contributed by atoms with Crippen molar-refractivity contribution in [2.75, 3.05) is 0 Å². The van der Waals surface area contributed by atoms with E-state index in [0.29, 0.717) is 11.3 Å². The van der Waals surface area contributed by atoms with Crippen molar-refractivity contribution in [1.29, 1.82) is 0 Å². The Morgan fingerprint density at radius 3 is 2.29 bits per heavy atom. The molecule has 3 aliphatic carbocycles. The predicted molar refractivity (Wildman–Crippen MR) is 70.6 cm³/mol. The van der Waals surface area contributed by atoms with E-state index in [1.165, 1.54) is 32.1 Å². The monoisotopic (exact) mass is 236 g/mol. The molecule has 0 aromatic rings. The van der Waals surface area contributed by atoms with Crippen molar-refractivity contribution in [3.63, 3.8) is 0 Å². The fourth-order valence-corrected chi connectivity index (χ4v) is 5.43. The second kappa shape index (κ2) is 3.98. The molecule has 2 bridgehead atoms. The molecule has 1 N–H and O–H groups in total. The standard InChI is InChI=1S/C16H28O/c1-10-11-8-13(14(9-11)16(10,2)3)12-6-4-5-7-15(12)17/h10-15,17H,4-9H2,1-3H3. The molecule has 0 aliphatic heterocycles. The Morgan fingerprint density at radius 2 is 1.71 bits per heavy atom. The molecule has 0 radical (unpaired) electrons. The zero-order chi connectivity index (χ0) is 12.2. The Bertz CT molecular complexity index is 296. The fraction of sp³-hybridized carbons (Fsp3) is 1.00. The number of aliphatic hydroxyl groups excluding tert-OH is 1. The second-order valence-corrected chi connectivity index (χ2v) is 7.63. The number of hydrogen-bond donors (Lipinski definition) is 1. The first-order valence-corrected chi connectivity index (χ1v) is 7.70. The van der Waals surface area contributed by atoms with E-state index in [0.717, 1.165) is 30.1 Å². The van der Waals surface area contributed by atoms with Crippen LogP contribution in [0.5, 0.6) is 0 Å². The topological polar surface area (TPSA) is 20.2 Å². The summed E-state index contributed by atoms with van der Waals surface area (Å²) >= 11 is 0. The van der Waals surface area contributed by atoms with Crippen LogP contribution >= 0.6 is 0 Å². The van der Waals surface area contributed by atoms with Gasteiger partial charge < -0.3 is 5.11 Å². The molecule has 0 heterocycles. The molecule has 3 rings (SSSR count). The third-order valence-corrected chi connectivity index (χ3v) is 6.82. The van der Waals surface area contributed by atoms with Crippen molar-refractivity contribution >= 4 is 0 Å². The summed E-state index contributed by atoms with van der Waals surface area (Å²) in [6.45, 7) is 7.41. The Morgan fingerprint density at radius 1 is 1.00 bits per heavy atom. The van der Waals surface area contributed by atoms with Gasteiger partial charge in [0.15, 0.2) is 0 Å². The molecule has 6 atom stereocenters. The summed E-state index contributed by atoms with van der Waals surface area (Å²) in [5, 5.41) is 10.3. The van der Waals surface area contributed by atoms with Crippen molar-refractivity contribution in [3.8, 4) is 0 Å². The van der Waals surface area contributed by atoms with Gasteiger partial charge in [-0.3, -0.25) is 0 Å². The van der Waals surface area contributed by atoms with E-state index in [1.54, 1.807) is 0 Å². The van der Waals surface area contributed by atoms with Crippen LogP contribution < -0.4 is 0 Å². The summed E-state index contributed by atoms with van der Waals surface area (Å²) in [6.07, 6.45) is 7.83. The van der Waals surface area contributed by atoms with E-state index < -0.39 is 0 Å².